The minimum Gasteiger partial charge on any atom is -0.423 e. The van der Waals surface area contributed by atoms with Gasteiger partial charge in [0.2, 0.25) is 0 Å². The van der Waals surface area contributed by atoms with Crippen LogP contribution in [0.15, 0.2) is 59.0 Å². The van der Waals surface area contributed by atoms with Crippen molar-refractivity contribution < 1.29 is 4.42 Å². The molecule has 0 saturated heterocycles. The number of oxazole rings is 1. The Balaban J connectivity index is 2.08. The Morgan fingerprint density at radius 1 is 0.947 bits per heavy atom. The molecule has 92 valence electrons. The van der Waals surface area contributed by atoms with E-state index in [1.54, 1.807) is 0 Å². The van der Waals surface area contributed by atoms with Gasteiger partial charge in [-0.25, -0.2) is 4.40 Å². The molecule has 4 nitrogen and oxygen atoms in total. The van der Waals surface area contributed by atoms with E-state index in [2.05, 4.69) is 4.98 Å². The number of imidazole rings is 1. The number of hydrogen-bond acceptors (Lipinski definition) is 3. The van der Waals surface area contributed by atoms with Crippen molar-refractivity contribution in [2.45, 2.75) is 0 Å². The third-order valence-corrected chi connectivity index (χ3v) is 3.24. The Labute approximate surface area is 109 Å². The highest BCUT2D eigenvalue weighted by Gasteiger charge is 2.16. The number of fused-ring (bicyclic) bond motifs is 3. The van der Waals surface area contributed by atoms with Gasteiger partial charge in [-0.15, -0.1) is 0 Å². The molecule has 4 heteroatoms. The summed E-state index contributed by atoms with van der Waals surface area (Å²) in [7, 11) is 0. The van der Waals surface area contributed by atoms with Crippen molar-refractivity contribution in [1.29, 1.82) is 0 Å². The lowest BCUT2D eigenvalue weighted by atomic mass is 10.1. The molecule has 0 atom stereocenters. The lowest BCUT2D eigenvalue weighted by Gasteiger charge is -1.98. The van der Waals surface area contributed by atoms with Crippen LogP contribution >= 0.6 is 0 Å². The number of nitrogens with two attached hydrogens (primary N) is 1. The van der Waals surface area contributed by atoms with Gasteiger partial charge < -0.3 is 10.2 Å². The second-order valence-electron chi connectivity index (χ2n) is 4.40. The van der Waals surface area contributed by atoms with Gasteiger partial charge in [0.05, 0.1) is 5.52 Å². The topological polar surface area (TPSA) is 56.5 Å². The molecule has 0 aliphatic rings. The molecule has 0 spiro atoms. The fraction of sp³-hybridized carbons (Fsp3) is 0. The van der Waals surface area contributed by atoms with Crippen LogP contribution < -0.4 is 5.73 Å². The van der Waals surface area contributed by atoms with Crippen LogP contribution in [0.4, 0.5) is 5.82 Å². The predicted octanol–water partition coefficient (Wildman–Crippen LogP) is 3.33. The van der Waals surface area contributed by atoms with Crippen LogP contribution in [0.3, 0.4) is 0 Å². The summed E-state index contributed by atoms with van der Waals surface area (Å²) in [5.41, 5.74) is 9.69. The van der Waals surface area contributed by atoms with Gasteiger partial charge in [0.15, 0.2) is 5.58 Å². The van der Waals surface area contributed by atoms with E-state index in [1.807, 2.05) is 59.0 Å². The van der Waals surface area contributed by atoms with Gasteiger partial charge in [-0.05, 0) is 12.1 Å². The van der Waals surface area contributed by atoms with Gasteiger partial charge in [0, 0.05) is 5.56 Å². The average Bonchev–Trinajstić information content (AvgIpc) is 2.97. The molecular weight excluding hydrogens is 238 g/mol. The van der Waals surface area contributed by atoms with Gasteiger partial charge in [-0.3, -0.25) is 0 Å². The van der Waals surface area contributed by atoms with Crippen LogP contribution in [-0.2, 0) is 0 Å². The standard InChI is InChI=1S/C15H11N3O/c16-14-13(10-6-2-1-3-7-10)17-15-18(14)11-8-4-5-9-12(11)19-15/h1-9H,16H2. The van der Waals surface area contributed by atoms with Gasteiger partial charge in [0.25, 0.3) is 0 Å². The number of hydrogen-bond donors (Lipinski definition) is 1. The molecule has 0 aliphatic heterocycles. The molecule has 4 aromatic rings. The Morgan fingerprint density at radius 2 is 1.68 bits per heavy atom. The van der Waals surface area contributed by atoms with Gasteiger partial charge in [0.1, 0.15) is 11.5 Å². The number of aromatic nitrogens is 2. The van der Waals surface area contributed by atoms with E-state index in [4.69, 9.17) is 10.2 Å². The van der Waals surface area contributed by atoms with Crippen LogP contribution in [0.25, 0.3) is 28.2 Å². The third-order valence-electron chi connectivity index (χ3n) is 3.24. The maximum absolute atomic E-state index is 6.22. The summed E-state index contributed by atoms with van der Waals surface area (Å²) in [5, 5.41) is 0. The lowest BCUT2D eigenvalue weighted by Crippen LogP contribution is -1.93. The number of nitrogens with zero attached hydrogens (tertiary/aromatic N) is 2. The first kappa shape index (κ1) is 10.2. The summed E-state index contributed by atoms with van der Waals surface area (Å²) in [6.07, 6.45) is 0. The molecular formula is C15H11N3O. The van der Waals surface area contributed by atoms with Crippen molar-refractivity contribution in [3.05, 3.63) is 54.6 Å². The van der Waals surface area contributed by atoms with Crippen molar-refractivity contribution in [2.75, 3.05) is 5.73 Å². The second-order valence-corrected chi connectivity index (χ2v) is 4.40. The maximum atomic E-state index is 6.22. The zero-order valence-corrected chi connectivity index (χ0v) is 10.1. The molecule has 0 bridgehead atoms. The number of para-hydroxylation sites is 2. The van der Waals surface area contributed by atoms with E-state index in [0.29, 0.717) is 11.7 Å². The number of nitrogen functional groups attached to an aromatic ring is 1. The molecule has 19 heavy (non-hydrogen) atoms. The highest BCUT2D eigenvalue weighted by atomic mass is 16.4. The second kappa shape index (κ2) is 3.62. The van der Waals surface area contributed by atoms with Crippen LogP contribution in [0.5, 0.6) is 0 Å². The summed E-state index contributed by atoms with van der Waals surface area (Å²) < 4.78 is 7.55. The van der Waals surface area contributed by atoms with Crippen LogP contribution in [0, 0.1) is 0 Å². The fourth-order valence-electron chi connectivity index (χ4n) is 2.35. The predicted molar refractivity (Wildman–Crippen MR) is 74.8 cm³/mol. The van der Waals surface area contributed by atoms with Crippen molar-refractivity contribution in [1.82, 2.24) is 9.38 Å². The van der Waals surface area contributed by atoms with Crippen molar-refractivity contribution in [3.8, 4) is 11.3 Å². The normalized spacial score (nSPS) is 11.4. The van der Waals surface area contributed by atoms with E-state index >= 15 is 0 Å². The van der Waals surface area contributed by atoms with E-state index in [0.717, 1.165) is 22.4 Å². The zero-order chi connectivity index (χ0) is 12.8. The monoisotopic (exact) mass is 249 g/mol. The Kier molecular flexibility index (Phi) is 1.94. The molecule has 2 aromatic carbocycles. The van der Waals surface area contributed by atoms with Gasteiger partial charge in [-0.2, -0.15) is 4.98 Å². The Hall–Kier alpha value is -2.75. The first-order valence-electron chi connectivity index (χ1n) is 6.05. The highest BCUT2D eigenvalue weighted by Crippen LogP contribution is 2.30. The van der Waals surface area contributed by atoms with Crippen LogP contribution in [-0.4, -0.2) is 9.38 Å². The molecule has 2 aromatic heterocycles. The number of anilines is 1. The Bertz CT molecular complexity index is 874. The maximum Gasteiger partial charge on any atom is 0.309 e. The smallest absolute Gasteiger partial charge is 0.309 e. The molecule has 0 fully saturated rings. The minimum atomic E-state index is 0.526. The minimum absolute atomic E-state index is 0.526. The number of rotatable bonds is 1. The van der Waals surface area contributed by atoms with E-state index in [1.165, 1.54) is 0 Å². The summed E-state index contributed by atoms with van der Waals surface area (Å²) >= 11 is 0. The molecule has 2 N–H and O–H groups in total. The summed E-state index contributed by atoms with van der Waals surface area (Å²) in [6, 6.07) is 17.6. The first-order valence-corrected chi connectivity index (χ1v) is 6.05. The number of benzene rings is 2. The van der Waals surface area contributed by atoms with Gasteiger partial charge >= 0.3 is 5.84 Å². The molecule has 0 unspecified atom stereocenters. The first-order chi connectivity index (χ1) is 9.34. The van der Waals surface area contributed by atoms with Crippen molar-refractivity contribution >= 4 is 22.8 Å². The summed E-state index contributed by atoms with van der Waals surface area (Å²) in [6.45, 7) is 0. The molecule has 0 aliphatic carbocycles. The molecule has 0 amide bonds. The SMILES string of the molecule is Nc1c(-c2ccccc2)nc2oc3ccccc3n12. The van der Waals surface area contributed by atoms with E-state index in [9.17, 15) is 0 Å². The van der Waals surface area contributed by atoms with Crippen molar-refractivity contribution in [2.24, 2.45) is 0 Å². The van der Waals surface area contributed by atoms with Crippen molar-refractivity contribution in [3.63, 3.8) is 0 Å². The molecule has 0 saturated carbocycles. The Morgan fingerprint density at radius 3 is 2.53 bits per heavy atom. The molecule has 0 radical (unpaired) electrons. The molecule has 2 heterocycles. The van der Waals surface area contributed by atoms with Gasteiger partial charge in [-0.1, -0.05) is 42.5 Å². The summed E-state index contributed by atoms with van der Waals surface area (Å²) in [4.78, 5) is 4.49. The highest BCUT2D eigenvalue weighted by molar-refractivity contribution is 5.83. The lowest BCUT2D eigenvalue weighted by molar-refractivity contribution is 0.642. The fourth-order valence-corrected chi connectivity index (χ4v) is 2.35. The largest absolute Gasteiger partial charge is 0.423 e. The zero-order valence-electron chi connectivity index (χ0n) is 10.1. The average molecular weight is 249 g/mol. The summed E-state index contributed by atoms with van der Waals surface area (Å²) in [5.74, 6) is 1.13. The third kappa shape index (κ3) is 1.37. The van der Waals surface area contributed by atoms with Crippen LogP contribution in [0.2, 0.25) is 0 Å². The molecule has 4 rings (SSSR count). The van der Waals surface area contributed by atoms with Crippen LogP contribution in [0.1, 0.15) is 0 Å². The quantitative estimate of drug-likeness (QED) is 0.563. The van der Waals surface area contributed by atoms with E-state index < -0.39 is 0 Å². The van der Waals surface area contributed by atoms with E-state index in [-0.39, 0.29) is 0 Å².